The number of nitrogens with zero attached hydrogens (tertiary/aromatic N) is 3. The van der Waals surface area contributed by atoms with Crippen LogP contribution in [0.3, 0.4) is 0 Å². The molecule has 0 aliphatic heterocycles. The first-order valence-corrected chi connectivity index (χ1v) is 6.22. The summed E-state index contributed by atoms with van der Waals surface area (Å²) in [6.45, 7) is 0. The van der Waals surface area contributed by atoms with E-state index in [1.54, 1.807) is 0 Å². The summed E-state index contributed by atoms with van der Waals surface area (Å²) < 4.78 is 29.9. The molecule has 0 saturated heterocycles. The van der Waals surface area contributed by atoms with Gasteiger partial charge in [0.2, 0.25) is 0 Å². The molecule has 0 atom stereocenters. The smallest absolute Gasteiger partial charge is 0.332 e. The fourth-order valence-electron chi connectivity index (χ4n) is 2.26. The molecule has 9 heteroatoms. The molecule has 1 N–H and O–H groups in total. The Balaban J connectivity index is 2.41. The van der Waals surface area contributed by atoms with Gasteiger partial charge in [0, 0.05) is 14.1 Å². The first-order chi connectivity index (χ1) is 10.3. The van der Waals surface area contributed by atoms with Gasteiger partial charge in [0.15, 0.2) is 5.65 Å². The number of aryl methyl sites for hydroxylation is 1. The van der Waals surface area contributed by atoms with Gasteiger partial charge in [-0.05, 0) is 12.1 Å². The van der Waals surface area contributed by atoms with Crippen LogP contribution in [0.15, 0.2) is 21.7 Å². The largest absolute Gasteiger partial charge is 0.332 e. The van der Waals surface area contributed by atoms with Crippen molar-refractivity contribution in [2.24, 2.45) is 14.1 Å². The van der Waals surface area contributed by atoms with E-state index in [4.69, 9.17) is 7.85 Å². The van der Waals surface area contributed by atoms with E-state index in [-0.39, 0.29) is 22.5 Å². The van der Waals surface area contributed by atoms with Crippen molar-refractivity contribution in [3.8, 4) is 11.4 Å². The highest BCUT2D eigenvalue weighted by Crippen LogP contribution is 2.23. The molecular formula is C13H9BF2N4O2. The third kappa shape index (κ3) is 1.89. The molecule has 0 aliphatic rings. The quantitative estimate of drug-likeness (QED) is 0.627. The summed E-state index contributed by atoms with van der Waals surface area (Å²) in [6.07, 6.45) is 0. The van der Waals surface area contributed by atoms with Gasteiger partial charge < -0.3 is 4.98 Å². The lowest BCUT2D eigenvalue weighted by Crippen LogP contribution is -2.36. The van der Waals surface area contributed by atoms with E-state index in [1.807, 2.05) is 0 Å². The standard InChI is InChI=1S/C13H9BF2N4O2/c1-19-11-9(12(21)20(2)13(19)22)17-10(18-11)8-6(15)3-5(14)4-7(8)16/h3-4H,1-2H3,(H,17,18). The second kappa shape index (κ2) is 4.65. The predicted molar refractivity (Wildman–Crippen MR) is 77.3 cm³/mol. The summed E-state index contributed by atoms with van der Waals surface area (Å²) in [6, 6.07) is 1.89. The molecule has 0 amide bonds. The Morgan fingerprint density at radius 2 is 1.73 bits per heavy atom. The van der Waals surface area contributed by atoms with Crippen molar-refractivity contribution in [1.82, 2.24) is 19.1 Å². The molecule has 0 fully saturated rings. The van der Waals surface area contributed by atoms with Crippen molar-refractivity contribution in [2.45, 2.75) is 0 Å². The minimum Gasteiger partial charge on any atom is -0.332 e. The number of rotatable bonds is 1. The molecule has 2 radical (unpaired) electrons. The summed E-state index contributed by atoms with van der Waals surface area (Å²) in [5.41, 5.74) is -1.74. The van der Waals surface area contributed by atoms with Crippen molar-refractivity contribution >= 4 is 24.5 Å². The zero-order valence-electron chi connectivity index (χ0n) is 11.6. The van der Waals surface area contributed by atoms with Crippen molar-refractivity contribution in [3.63, 3.8) is 0 Å². The number of hydrogen-bond donors (Lipinski definition) is 1. The minimum absolute atomic E-state index is 0.0127. The summed E-state index contributed by atoms with van der Waals surface area (Å²) in [5, 5.41) is 0. The second-order valence-electron chi connectivity index (χ2n) is 4.85. The minimum atomic E-state index is -0.918. The maximum atomic E-state index is 14.0. The monoisotopic (exact) mass is 302 g/mol. The van der Waals surface area contributed by atoms with E-state index >= 15 is 0 Å². The number of imidazole rings is 1. The van der Waals surface area contributed by atoms with Crippen LogP contribution in [0.5, 0.6) is 0 Å². The normalized spacial score (nSPS) is 11.3. The number of hydrogen-bond acceptors (Lipinski definition) is 3. The lowest BCUT2D eigenvalue weighted by molar-refractivity contribution is 0.590. The maximum absolute atomic E-state index is 14.0. The molecule has 6 nitrogen and oxygen atoms in total. The average Bonchev–Trinajstić information content (AvgIpc) is 2.86. The summed E-state index contributed by atoms with van der Waals surface area (Å²) in [7, 11) is 8.07. The van der Waals surface area contributed by atoms with Crippen LogP contribution in [-0.2, 0) is 14.1 Å². The van der Waals surface area contributed by atoms with Gasteiger partial charge in [-0.25, -0.2) is 18.6 Å². The lowest BCUT2D eigenvalue weighted by Gasteiger charge is -2.03. The molecular weight excluding hydrogens is 293 g/mol. The zero-order chi connectivity index (χ0) is 16.2. The number of aromatic amines is 1. The zero-order valence-corrected chi connectivity index (χ0v) is 11.6. The van der Waals surface area contributed by atoms with Gasteiger partial charge in [0.1, 0.15) is 30.8 Å². The van der Waals surface area contributed by atoms with Gasteiger partial charge in [0.05, 0.1) is 5.56 Å². The predicted octanol–water partition coefficient (Wildman–Crippen LogP) is -0.301. The van der Waals surface area contributed by atoms with Crippen LogP contribution in [0.25, 0.3) is 22.6 Å². The SMILES string of the molecule is [B]c1cc(F)c(-c2nc3c([nH]2)c(=O)n(C)c(=O)n3C)c(F)c1. The molecule has 0 unspecified atom stereocenters. The summed E-state index contributed by atoms with van der Waals surface area (Å²) >= 11 is 0. The summed E-state index contributed by atoms with van der Waals surface area (Å²) in [4.78, 5) is 30.4. The fraction of sp³-hybridized carbons (Fsp3) is 0.154. The summed E-state index contributed by atoms with van der Waals surface area (Å²) in [5.74, 6) is -2.03. The molecule has 3 rings (SSSR count). The number of benzene rings is 1. The molecule has 2 heterocycles. The Labute approximate surface area is 123 Å². The van der Waals surface area contributed by atoms with Crippen LogP contribution in [0.2, 0.25) is 0 Å². The fourth-order valence-corrected chi connectivity index (χ4v) is 2.26. The molecule has 0 saturated carbocycles. The maximum Gasteiger partial charge on any atom is 0.332 e. The molecule has 3 aromatic rings. The van der Waals surface area contributed by atoms with Crippen LogP contribution in [-0.4, -0.2) is 26.9 Å². The van der Waals surface area contributed by atoms with E-state index in [0.29, 0.717) is 0 Å². The van der Waals surface area contributed by atoms with Crippen LogP contribution in [0.1, 0.15) is 0 Å². The van der Waals surface area contributed by atoms with Gasteiger partial charge in [-0.3, -0.25) is 13.9 Å². The number of fused-ring (bicyclic) bond motifs is 1. The topological polar surface area (TPSA) is 72.7 Å². The number of halogens is 2. The number of H-pyrrole nitrogens is 1. The molecule has 2 aromatic heterocycles. The Bertz CT molecular complexity index is 1010. The Morgan fingerprint density at radius 1 is 1.14 bits per heavy atom. The van der Waals surface area contributed by atoms with Crippen molar-refractivity contribution in [3.05, 3.63) is 44.6 Å². The van der Waals surface area contributed by atoms with E-state index in [2.05, 4.69) is 9.97 Å². The molecule has 0 spiro atoms. The molecule has 0 aliphatic carbocycles. The highest BCUT2D eigenvalue weighted by atomic mass is 19.1. The van der Waals surface area contributed by atoms with Gasteiger partial charge >= 0.3 is 5.69 Å². The second-order valence-corrected chi connectivity index (χ2v) is 4.85. The van der Waals surface area contributed by atoms with Crippen molar-refractivity contribution in [1.29, 1.82) is 0 Å². The highest BCUT2D eigenvalue weighted by molar-refractivity contribution is 6.32. The van der Waals surface area contributed by atoms with Crippen molar-refractivity contribution < 1.29 is 8.78 Å². The van der Waals surface area contributed by atoms with E-state index < -0.39 is 28.4 Å². The number of aromatic nitrogens is 4. The lowest BCUT2D eigenvalue weighted by atomic mass is 9.94. The van der Waals surface area contributed by atoms with E-state index in [0.717, 1.165) is 21.3 Å². The van der Waals surface area contributed by atoms with Crippen molar-refractivity contribution in [2.75, 3.05) is 0 Å². The third-order valence-corrected chi connectivity index (χ3v) is 3.40. The van der Waals surface area contributed by atoms with Gasteiger partial charge in [-0.2, -0.15) is 0 Å². The molecule has 1 aromatic carbocycles. The molecule has 0 bridgehead atoms. The third-order valence-electron chi connectivity index (χ3n) is 3.40. The number of nitrogens with one attached hydrogen (secondary N) is 1. The average molecular weight is 302 g/mol. The van der Waals surface area contributed by atoms with Crippen LogP contribution >= 0.6 is 0 Å². The van der Waals surface area contributed by atoms with Gasteiger partial charge in [-0.15, -0.1) is 0 Å². The first-order valence-electron chi connectivity index (χ1n) is 6.22. The van der Waals surface area contributed by atoms with Gasteiger partial charge in [-0.1, -0.05) is 5.46 Å². The van der Waals surface area contributed by atoms with Crippen LogP contribution < -0.4 is 16.7 Å². The van der Waals surface area contributed by atoms with Crippen LogP contribution in [0.4, 0.5) is 8.78 Å². The molecule has 22 heavy (non-hydrogen) atoms. The Kier molecular flexibility index (Phi) is 3.01. The van der Waals surface area contributed by atoms with Crippen LogP contribution in [0, 0.1) is 11.6 Å². The first kappa shape index (κ1) is 14.2. The van der Waals surface area contributed by atoms with Gasteiger partial charge in [0.25, 0.3) is 5.56 Å². The highest BCUT2D eigenvalue weighted by Gasteiger charge is 2.19. The van der Waals surface area contributed by atoms with E-state index in [1.165, 1.54) is 14.1 Å². The van der Waals surface area contributed by atoms with E-state index in [9.17, 15) is 18.4 Å². The Hall–Kier alpha value is -2.71. The molecule has 110 valence electrons. The Morgan fingerprint density at radius 3 is 2.32 bits per heavy atom.